The lowest BCUT2D eigenvalue weighted by Gasteiger charge is -2.35. The van der Waals surface area contributed by atoms with Crippen LogP contribution in [0.1, 0.15) is 31.2 Å². The lowest BCUT2D eigenvalue weighted by molar-refractivity contribution is -0.899. The molecule has 2 aromatic rings. The summed E-state index contributed by atoms with van der Waals surface area (Å²) >= 11 is 0. The van der Waals surface area contributed by atoms with E-state index >= 15 is 0 Å². The molecule has 6 rings (SSSR count). The summed E-state index contributed by atoms with van der Waals surface area (Å²) in [5.41, 5.74) is 3.11. The minimum atomic E-state index is -1.23. The number of nitrogens with zero attached hydrogens (tertiary/aromatic N) is 2. The van der Waals surface area contributed by atoms with E-state index in [9.17, 15) is 4.79 Å². The van der Waals surface area contributed by atoms with Crippen LogP contribution in [-0.2, 0) is 20.1 Å². The molecule has 3 fully saturated rings. The Kier molecular flexibility index (Phi) is 4.74. The highest BCUT2D eigenvalue weighted by atomic mass is 16.8. The Labute approximate surface area is 183 Å². The highest BCUT2D eigenvalue weighted by Crippen LogP contribution is 2.50. The molecule has 0 radical (unpaired) electrons. The van der Waals surface area contributed by atoms with Gasteiger partial charge in [0, 0.05) is 11.3 Å². The van der Waals surface area contributed by atoms with E-state index in [0.29, 0.717) is 6.67 Å². The number of carbonyl (C=O) groups excluding carboxylic acids is 1. The van der Waals surface area contributed by atoms with Crippen LogP contribution in [0.5, 0.6) is 0 Å². The lowest BCUT2D eigenvalue weighted by atomic mass is 9.95. The first-order chi connectivity index (χ1) is 15.2. The van der Waals surface area contributed by atoms with Crippen molar-refractivity contribution in [1.82, 2.24) is 0 Å². The second-order valence-corrected chi connectivity index (χ2v) is 9.19. The quantitative estimate of drug-likeness (QED) is 0.824. The summed E-state index contributed by atoms with van der Waals surface area (Å²) < 4.78 is 12.8. The molecule has 0 bridgehead atoms. The molecule has 1 spiro atoms. The largest absolute Gasteiger partial charge is 0.360 e. The molecule has 3 atom stereocenters. The topological polar surface area (TPSA) is 46.5 Å². The van der Waals surface area contributed by atoms with Gasteiger partial charge in [-0.05, 0) is 31.0 Å². The maximum Gasteiger partial charge on any atom is 0.296 e. The van der Waals surface area contributed by atoms with Gasteiger partial charge in [0.15, 0.2) is 6.67 Å². The van der Waals surface area contributed by atoms with Gasteiger partial charge in [0.1, 0.15) is 0 Å². The van der Waals surface area contributed by atoms with E-state index in [4.69, 9.17) is 9.47 Å². The first-order valence-corrected chi connectivity index (χ1v) is 11.7. The van der Waals surface area contributed by atoms with Crippen molar-refractivity contribution in [2.24, 2.45) is 0 Å². The molecule has 1 saturated carbocycles. The Morgan fingerprint density at radius 2 is 1.55 bits per heavy atom. The molecule has 162 valence electrons. The van der Waals surface area contributed by atoms with Gasteiger partial charge in [-0.15, -0.1) is 0 Å². The molecule has 4 aliphatic rings. The smallest absolute Gasteiger partial charge is 0.296 e. The number of quaternary nitrogens is 1. The molecule has 31 heavy (non-hydrogen) atoms. The number of piperazine rings is 1. The zero-order valence-corrected chi connectivity index (χ0v) is 17.8. The second-order valence-electron chi connectivity index (χ2n) is 9.19. The first kappa shape index (κ1) is 19.3. The average Bonchev–Trinajstić information content (AvgIpc) is 3.33. The minimum absolute atomic E-state index is 0.0347. The number of rotatable bonds is 3. The van der Waals surface area contributed by atoms with E-state index in [-0.39, 0.29) is 18.1 Å². The highest BCUT2D eigenvalue weighted by Gasteiger charge is 2.61. The number of hydrogen-bond acceptors (Lipinski definition) is 4. The van der Waals surface area contributed by atoms with Gasteiger partial charge in [0.05, 0.1) is 44.1 Å². The van der Waals surface area contributed by atoms with E-state index in [2.05, 4.69) is 35.2 Å². The summed E-state index contributed by atoms with van der Waals surface area (Å²) in [6.45, 7) is 4.64. The molecule has 3 heterocycles. The highest BCUT2D eigenvalue weighted by molar-refractivity contribution is 6.06. The van der Waals surface area contributed by atoms with Crippen molar-refractivity contribution in [3.63, 3.8) is 0 Å². The van der Waals surface area contributed by atoms with Crippen molar-refractivity contribution in [3.05, 3.63) is 60.2 Å². The number of ether oxygens (including phenoxy) is 2. The summed E-state index contributed by atoms with van der Waals surface area (Å²) in [4.78, 5) is 19.5. The van der Waals surface area contributed by atoms with Crippen LogP contribution in [0.2, 0.25) is 0 Å². The number of benzene rings is 2. The third-order valence-corrected chi connectivity index (χ3v) is 7.33. The molecule has 0 aromatic heterocycles. The SMILES string of the molecule is O=C1N(C[NH+]2CCN(c3ccccc3)CC2)c2ccccc2C12O[C@H]1CCCC[C@H]1O2. The van der Waals surface area contributed by atoms with Crippen molar-refractivity contribution in [3.8, 4) is 0 Å². The summed E-state index contributed by atoms with van der Waals surface area (Å²) in [7, 11) is 0. The van der Waals surface area contributed by atoms with Crippen LogP contribution in [0.3, 0.4) is 0 Å². The van der Waals surface area contributed by atoms with Crippen molar-refractivity contribution >= 4 is 17.3 Å². The Morgan fingerprint density at radius 1 is 0.903 bits per heavy atom. The van der Waals surface area contributed by atoms with Crippen molar-refractivity contribution in [1.29, 1.82) is 0 Å². The Morgan fingerprint density at radius 3 is 2.26 bits per heavy atom. The summed E-state index contributed by atoms with van der Waals surface area (Å²) in [5, 5.41) is 0. The van der Waals surface area contributed by atoms with Gasteiger partial charge in [-0.25, -0.2) is 0 Å². The van der Waals surface area contributed by atoms with Crippen molar-refractivity contribution in [2.45, 2.75) is 43.7 Å². The number of para-hydroxylation sites is 2. The fourth-order valence-corrected chi connectivity index (χ4v) is 5.66. The van der Waals surface area contributed by atoms with Crippen LogP contribution in [0.4, 0.5) is 11.4 Å². The predicted molar refractivity (Wildman–Crippen MR) is 118 cm³/mol. The van der Waals surface area contributed by atoms with Gasteiger partial charge < -0.3 is 19.3 Å². The number of hydrogen-bond donors (Lipinski definition) is 1. The normalized spacial score (nSPS) is 30.6. The minimum Gasteiger partial charge on any atom is -0.360 e. The van der Waals surface area contributed by atoms with Crippen molar-refractivity contribution in [2.75, 3.05) is 42.6 Å². The summed E-state index contributed by atoms with van der Waals surface area (Å²) in [6, 6.07) is 18.6. The molecule has 1 aliphatic carbocycles. The van der Waals surface area contributed by atoms with Gasteiger partial charge in [-0.2, -0.15) is 0 Å². The fraction of sp³-hybridized carbons (Fsp3) is 0.480. The number of amides is 1. The molecule has 6 nitrogen and oxygen atoms in total. The number of nitrogens with one attached hydrogen (secondary N) is 1. The van der Waals surface area contributed by atoms with Crippen LogP contribution >= 0.6 is 0 Å². The third-order valence-electron chi connectivity index (χ3n) is 7.33. The van der Waals surface area contributed by atoms with Crippen molar-refractivity contribution < 1.29 is 19.2 Å². The van der Waals surface area contributed by atoms with Gasteiger partial charge in [0.2, 0.25) is 0 Å². The molecule has 2 aromatic carbocycles. The van der Waals surface area contributed by atoms with Crippen LogP contribution in [0, 0.1) is 0 Å². The molecule has 2 saturated heterocycles. The Balaban J connectivity index is 1.20. The van der Waals surface area contributed by atoms with Gasteiger partial charge in [0.25, 0.3) is 11.7 Å². The van der Waals surface area contributed by atoms with E-state index < -0.39 is 5.79 Å². The van der Waals surface area contributed by atoms with E-state index in [1.807, 2.05) is 29.2 Å². The Hall–Kier alpha value is -2.41. The fourth-order valence-electron chi connectivity index (χ4n) is 5.66. The van der Waals surface area contributed by atoms with Gasteiger partial charge in [-0.1, -0.05) is 49.2 Å². The maximum absolute atomic E-state index is 13.7. The molecular weight excluding hydrogens is 390 g/mol. The Bertz CT molecular complexity index is 943. The van der Waals surface area contributed by atoms with Gasteiger partial charge in [-0.3, -0.25) is 9.69 Å². The maximum atomic E-state index is 13.7. The first-order valence-electron chi connectivity index (χ1n) is 11.7. The summed E-state index contributed by atoms with van der Waals surface area (Å²) in [6.07, 6.45) is 4.33. The average molecular weight is 421 g/mol. The monoisotopic (exact) mass is 420 g/mol. The number of anilines is 2. The van der Waals surface area contributed by atoms with Crippen LogP contribution in [0.25, 0.3) is 0 Å². The van der Waals surface area contributed by atoms with E-state index in [0.717, 1.165) is 63.1 Å². The zero-order chi connectivity index (χ0) is 20.8. The standard InChI is InChI=1S/C25H29N3O3/c29-24-25(30-22-12-6-7-13-23(22)31-25)20-10-4-5-11-21(20)28(24)18-26-14-16-27(17-15-26)19-8-2-1-3-9-19/h1-5,8-11,22-23H,6-7,12-18H2/p+1/t22-,23+,25?. The molecular formula is C25H30N3O3+. The third kappa shape index (κ3) is 3.16. The van der Waals surface area contributed by atoms with E-state index in [1.165, 1.54) is 10.6 Å². The molecule has 1 unspecified atom stereocenters. The van der Waals surface area contributed by atoms with Crippen LogP contribution in [-0.4, -0.2) is 51.0 Å². The summed E-state index contributed by atoms with van der Waals surface area (Å²) in [5.74, 6) is -1.28. The zero-order valence-electron chi connectivity index (χ0n) is 17.8. The predicted octanol–water partition coefficient (Wildman–Crippen LogP) is 1.91. The van der Waals surface area contributed by atoms with E-state index in [1.54, 1.807) is 0 Å². The number of carbonyl (C=O) groups is 1. The molecule has 6 heteroatoms. The molecule has 1 N–H and O–H groups in total. The van der Waals surface area contributed by atoms with Crippen LogP contribution < -0.4 is 14.7 Å². The second kappa shape index (κ2) is 7.62. The molecule has 3 aliphatic heterocycles. The molecule has 1 amide bonds. The van der Waals surface area contributed by atoms with Gasteiger partial charge >= 0.3 is 0 Å². The van der Waals surface area contributed by atoms with Crippen LogP contribution in [0.15, 0.2) is 54.6 Å². The lowest BCUT2D eigenvalue weighted by Crippen LogP contribution is -3.16. The number of fused-ring (bicyclic) bond motifs is 3.